The first-order valence-electron chi connectivity index (χ1n) is 8.29. The van der Waals surface area contributed by atoms with Crippen molar-refractivity contribution in [2.75, 3.05) is 0 Å². The summed E-state index contributed by atoms with van der Waals surface area (Å²) in [6, 6.07) is 13.3. The first kappa shape index (κ1) is 14.4. The minimum absolute atomic E-state index is 0.0105. The van der Waals surface area contributed by atoms with Gasteiger partial charge in [-0.25, -0.2) is 9.97 Å². The highest BCUT2D eigenvalue weighted by Crippen LogP contribution is 2.32. The predicted molar refractivity (Wildman–Crippen MR) is 95.0 cm³/mol. The SMILES string of the molecule is Cc1nc(C(C)(C)C)nc2c1Cc1cc3ccccc3cc1C2. The summed E-state index contributed by atoms with van der Waals surface area (Å²) < 4.78 is 0. The molecule has 0 fully saturated rings. The summed E-state index contributed by atoms with van der Waals surface area (Å²) in [5.41, 5.74) is 6.49. The highest BCUT2D eigenvalue weighted by Gasteiger charge is 2.24. The number of aryl methyl sites for hydroxylation is 1. The second kappa shape index (κ2) is 4.89. The number of benzene rings is 2. The van der Waals surface area contributed by atoms with E-state index in [1.54, 1.807) is 0 Å². The van der Waals surface area contributed by atoms with Crippen molar-refractivity contribution in [3.63, 3.8) is 0 Å². The molecule has 2 aromatic carbocycles. The summed E-state index contributed by atoms with van der Waals surface area (Å²) in [7, 11) is 0. The zero-order valence-corrected chi connectivity index (χ0v) is 14.3. The molecule has 0 radical (unpaired) electrons. The van der Waals surface area contributed by atoms with Crippen LogP contribution in [-0.4, -0.2) is 9.97 Å². The molecule has 0 spiro atoms. The van der Waals surface area contributed by atoms with E-state index in [0.717, 1.165) is 24.4 Å². The Morgan fingerprint density at radius 2 is 1.48 bits per heavy atom. The van der Waals surface area contributed by atoms with Crippen molar-refractivity contribution in [1.82, 2.24) is 9.97 Å². The van der Waals surface area contributed by atoms with Gasteiger partial charge in [0, 0.05) is 24.0 Å². The number of fused-ring (bicyclic) bond motifs is 3. The Kier molecular flexibility index (Phi) is 3.06. The van der Waals surface area contributed by atoms with Gasteiger partial charge in [0.15, 0.2) is 0 Å². The summed E-state index contributed by atoms with van der Waals surface area (Å²) in [6.07, 6.45) is 1.87. The number of hydrogen-bond acceptors (Lipinski definition) is 2. The van der Waals surface area contributed by atoms with Crippen LogP contribution in [-0.2, 0) is 18.3 Å². The molecule has 0 N–H and O–H groups in total. The van der Waals surface area contributed by atoms with Gasteiger partial charge in [0.25, 0.3) is 0 Å². The first-order valence-corrected chi connectivity index (χ1v) is 8.29. The van der Waals surface area contributed by atoms with Crippen LogP contribution in [0.2, 0.25) is 0 Å². The van der Waals surface area contributed by atoms with Crippen LogP contribution in [0.25, 0.3) is 10.8 Å². The molecule has 4 rings (SSSR count). The molecular weight excluding hydrogens is 280 g/mol. The number of nitrogens with zero attached hydrogens (tertiary/aromatic N) is 2. The van der Waals surface area contributed by atoms with Crippen LogP contribution in [0.5, 0.6) is 0 Å². The Balaban J connectivity index is 1.86. The molecule has 0 bridgehead atoms. The van der Waals surface area contributed by atoms with Crippen LogP contribution in [0.1, 0.15) is 54.7 Å². The fourth-order valence-corrected chi connectivity index (χ4v) is 3.40. The molecule has 0 atom stereocenters. The van der Waals surface area contributed by atoms with Gasteiger partial charge in [0.1, 0.15) is 5.82 Å². The van der Waals surface area contributed by atoms with Crippen LogP contribution in [0.15, 0.2) is 36.4 Å². The van der Waals surface area contributed by atoms with E-state index >= 15 is 0 Å². The molecule has 0 saturated carbocycles. The van der Waals surface area contributed by atoms with E-state index in [-0.39, 0.29) is 5.41 Å². The Labute approximate surface area is 137 Å². The summed E-state index contributed by atoms with van der Waals surface area (Å²) in [5, 5.41) is 2.64. The molecule has 0 saturated heterocycles. The Hall–Kier alpha value is -2.22. The zero-order chi connectivity index (χ0) is 16.2. The third-order valence-electron chi connectivity index (χ3n) is 4.76. The third-order valence-corrected chi connectivity index (χ3v) is 4.76. The predicted octanol–water partition coefficient (Wildman–Crippen LogP) is 4.73. The Morgan fingerprint density at radius 1 is 0.870 bits per heavy atom. The average molecular weight is 302 g/mol. The second-order valence-electron chi connectivity index (χ2n) is 7.63. The standard InChI is InChI=1S/C21H22N2/c1-13-18-11-16-9-14-7-5-6-8-15(14)10-17(16)12-19(18)23-20(22-13)21(2,3)4/h5-10H,11-12H2,1-4H3. The molecule has 2 heteroatoms. The quantitative estimate of drug-likeness (QED) is 0.469. The molecule has 3 aromatic rings. The summed E-state index contributed by atoms with van der Waals surface area (Å²) in [4.78, 5) is 9.70. The Bertz CT molecular complexity index is 917. The van der Waals surface area contributed by atoms with E-state index in [4.69, 9.17) is 9.97 Å². The molecule has 0 amide bonds. The van der Waals surface area contributed by atoms with Crippen molar-refractivity contribution in [3.8, 4) is 0 Å². The monoisotopic (exact) mass is 302 g/mol. The molecular formula is C21H22N2. The van der Waals surface area contributed by atoms with Crippen molar-refractivity contribution >= 4 is 10.8 Å². The number of rotatable bonds is 0. The fourth-order valence-electron chi connectivity index (χ4n) is 3.40. The van der Waals surface area contributed by atoms with Crippen LogP contribution < -0.4 is 0 Å². The van der Waals surface area contributed by atoms with E-state index in [2.05, 4.69) is 64.1 Å². The van der Waals surface area contributed by atoms with E-state index in [1.807, 2.05) is 0 Å². The van der Waals surface area contributed by atoms with Crippen LogP contribution >= 0.6 is 0 Å². The molecule has 1 heterocycles. The van der Waals surface area contributed by atoms with Crippen molar-refractivity contribution in [1.29, 1.82) is 0 Å². The lowest BCUT2D eigenvalue weighted by atomic mass is 9.85. The highest BCUT2D eigenvalue weighted by atomic mass is 14.9. The smallest absolute Gasteiger partial charge is 0.134 e. The third kappa shape index (κ3) is 2.42. The van der Waals surface area contributed by atoms with Gasteiger partial charge in [-0.05, 0) is 34.4 Å². The lowest BCUT2D eigenvalue weighted by Gasteiger charge is -2.25. The largest absolute Gasteiger partial charge is 0.237 e. The number of aromatic nitrogens is 2. The van der Waals surface area contributed by atoms with Gasteiger partial charge in [-0.2, -0.15) is 0 Å². The molecule has 1 aliphatic carbocycles. The topological polar surface area (TPSA) is 25.8 Å². The van der Waals surface area contributed by atoms with Gasteiger partial charge in [-0.1, -0.05) is 57.2 Å². The zero-order valence-electron chi connectivity index (χ0n) is 14.3. The van der Waals surface area contributed by atoms with Gasteiger partial charge in [0.05, 0.1) is 5.69 Å². The van der Waals surface area contributed by atoms with Gasteiger partial charge in [-0.15, -0.1) is 0 Å². The normalized spacial score (nSPS) is 13.7. The maximum Gasteiger partial charge on any atom is 0.134 e. The number of hydrogen-bond donors (Lipinski definition) is 0. The molecule has 23 heavy (non-hydrogen) atoms. The maximum absolute atomic E-state index is 4.91. The van der Waals surface area contributed by atoms with Gasteiger partial charge >= 0.3 is 0 Å². The molecule has 1 aliphatic rings. The van der Waals surface area contributed by atoms with E-state index in [0.29, 0.717) is 0 Å². The van der Waals surface area contributed by atoms with Gasteiger partial charge < -0.3 is 0 Å². The Morgan fingerprint density at radius 3 is 2.09 bits per heavy atom. The average Bonchev–Trinajstić information content (AvgIpc) is 2.50. The van der Waals surface area contributed by atoms with E-state index in [9.17, 15) is 0 Å². The molecule has 116 valence electrons. The van der Waals surface area contributed by atoms with Crippen molar-refractivity contribution in [2.45, 2.75) is 46.0 Å². The molecule has 0 unspecified atom stereocenters. The lowest BCUT2D eigenvalue weighted by Crippen LogP contribution is -2.21. The van der Waals surface area contributed by atoms with Crippen molar-refractivity contribution < 1.29 is 0 Å². The second-order valence-corrected chi connectivity index (χ2v) is 7.63. The minimum atomic E-state index is -0.0105. The van der Waals surface area contributed by atoms with Crippen molar-refractivity contribution in [3.05, 3.63) is 70.3 Å². The van der Waals surface area contributed by atoms with E-state index < -0.39 is 0 Å². The van der Waals surface area contributed by atoms with E-state index in [1.165, 1.54) is 33.2 Å². The lowest BCUT2D eigenvalue weighted by molar-refractivity contribution is 0.537. The molecule has 1 aromatic heterocycles. The van der Waals surface area contributed by atoms with Gasteiger partial charge in [-0.3, -0.25) is 0 Å². The van der Waals surface area contributed by atoms with Crippen molar-refractivity contribution in [2.24, 2.45) is 0 Å². The molecule has 2 nitrogen and oxygen atoms in total. The first-order chi connectivity index (χ1) is 10.9. The summed E-state index contributed by atoms with van der Waals surface area (Å²) in [5.74, 6) is 0.956. The molecule has 0 aliphatic heterocycles. The van der Waals surface area contributed by atoms with Crippen LogP contribution in [0.3, 0.4) is 0 Å². The van der Waals surface area contributed by atoms with Gasteiger partial charge in [0.2, 0.25) is 0 Å². The summed E-state index contributed by atoms with van der Waals surface area (Å²) in [6.45, 7) is 8.66. The summed E-state index contributed by atoms with van der Waals surface area (Å²) >= 11 is 0. The van der Waals surface area contributed by atoms with Crippen LogP contribution in [0, 0.1) is 6.92 Å². The fraction of sp³-hybridized carbons (Fsp3) is 0.333. The maximum atomic E-state index is 4.91. The minimum Gasteiger partial charge on any atom is -0.237 e. The van der Waals surface area contributed by atoms with Crippen LogP contribution in [0.4, 0.5) is 0 Å². The highest BCUT2D eigenvalue weighted by molar-refractivity contribution is 5.84.